The smallest absolute Gasteiger partial charge is 0.261 e. The van der Waals surface area contributed by atoms with E-state index in [-0.39, 0.29) is 24.4 Å². The Morgan fingerprint density at radius 3 is 2.61 bits per heavy atom. The van der Waals surface area contributed by atoms with Crippen molar-refractivity contribution in [1.29, 1.82) is 0 Å². The van der Waals surface area contributed by atoms with Gasteiger partial charge in [0.25, 0.3) is 5.91 Å². The first-order valence-electron chi connectivity index (χ1n) is 12.7. The number of rotatable bonds is 8. The summed E-state index contributed by atoms with van der Waals surface area (Å²) < 4.78 is 0. The van der Waals surface area contributed by atoms with Gasteiger partial charge in [0.15, 0.2) is 0 Å². The number of amides is 2. The van der Waals surface area contributed by atoms with Gasteiger partial charge in [0, 0.05) is 23.1 Å². The molecule has 0 bridgehead atoms. The van der Waals surface area contributed by atoms with Gasteiger partial charge >= 0.3 is 0 Å². The Kier molecular flexibility index (Phi) is 9.25. The lowest BCUT2D eigenvalue weighted by Gasteiger charge is -2.43. The minimum atomic E-state index is -0.0167. The van der Waals surface area contributed by atoms with Crippen LogP contribution < -0.4 is 5.32 Å². The number of thioether (sulfide) groups is 2. The van der Waals surface area contributed by atoms with Crippen molar-refractivity contribution in [1.82, 2.24) is 10.2 Å². The lowest BCUT2D eigenvalue weighted by atomic mass is 9.93. The van der Waals surface area contributed by atoms with Gasteiger partial charge in [-0.25, -0.2) is 0 Å². The maximum atomic E-state index is 13.4. The standard InChI is InChI=1S/C27H38N2O2S2/c1-20-12-14-21(15-13-20)18-25-27(31)29(23-10-5-6-11-24(23)33-25)19-26(30)28-16-7-17-32-22-8-3-2-4-9-22/h12-15,18,22-24H,2-11,16-17,19H2,1H3,(H,28,30)/b25-18-. The highest BCUT2D eigenvalue weighted by Gasteiger charge is 2.41. The van der Waals surface area contributed by atoms with Crippen molar-refractivity contribution < 1.29 is 9.59 Å². The summed E-state index contributed by atoms with van der Waals surface area (Å²) in [7, 11) is 0. The molecule has 3 fully saturated rings. The number of nitrogens with one attached hydrogen (secondary N) is 1. The average molecular weight is 487 g/mol. The molecule has 0 spiro atoms. The molecule has 2 aliphatic carbocycles. The van der Waals surface area contributed by atoms with E-state index < -0.39 is 0 Å². The predicted molar refractivity (Wildman–Crippen MR) is 141 cm³/mol. The summed E-state index contributed by atoms with van der Waals surface area (Å²) in [6.45, 7) is 2.95. The molecule has 3 aliphatic rings. The first-order chi connectivity index (χ1) is 16.1. The topological polar surface area (TPSA) is 49.4 Å². The van der Waals surface area contributed by atoms with Gasteiger partial charge in [0.2, 0.25) is 5.91 Å². The van der Waals surface area contributed by atoms with E-state index in [4.69, 9.17) is 0 Å². The highest BCUT2D eigenvalue weighted by atomic mass is 32.2. The highest BCUT2D eigenvalue weighted by molar-refractivity contribution is 8.04. The van der Waals surface area contributed by atoms with Crippen LogP contribution in [0.1, 0.15) is 75.3 Å². The predicted octanol–water partition coefficient (Wildman–Crippen LogP) is 5.79. The summed E-state index contributed by atoms with van der Waals surface area (Å²) in [5.74, 6) is 1.11. The van der Waals surface area contributed by atoms with Gasteiger partial charge in [-0.2, -0.15) is 11.8 Å². The van der Waals surface area contributed by atoms with Crippen molar-refractivity contribution >= 4 is 41.4 Å². The Labute approximate surface area is 207 Å². The summed E-state index contributed by atoms with van der Waals surface area (Å²) >= 11 is 3.80. The quantitative estimate of drug-likeness (QED) is 0.373. The van der Waals surface area contributed by atoms with Crippen molar-refractivity contribution in [3.63, 3.8) is 0 Å². The number of fused-ring (bicyclic) bond motifs is 1. The largest absolute Gasteiger partial charge is 0.355 e. The zero-order valence-corrected chi connectivity index (χ0v) is 21.5. The summed E-state index contributed by atoms with van der Waals surface area (Å²) in [4.78, 5) is 28.8. The van der Waals surface area contributed by atoms with E-state index in [0.29, 0.717) is 11.8 Å². The maximum absolute atomic E-state index is 13.4. The molecule has 1 saturated heterocycles. The monoisotopic (exact) mass is 486 g/mol. The van der Waals surface area contributed by atoms with Crippen LogP contribution in [0.3, 0.4) is 0 Å². The van der Waals surface area contributed by atoms with E-state index in [0.717, 1.165) is 47.2 Å². The van der Waals surface area contributed by atoms with Crippen molar-refractivity contribution in [2.45, 2.75) is 87.7 Å². The van der Waals surface area contributed by atoms with Gasteiger partial charge in [0.1, 0.15) is 6.54 Å². The maximum Gasteiger partial charge on any atom is 0.261 e. The second-order valence-electron chi connectivity index (χ2n) is 9.69. The summed E-state index contributed by atoms with van der Waals surface area (Å²) in [6, 6.07) is 8.45. The molecule has 0 radical (unpaired) electrons. The van der Waals surface area contributed by atoms with Crippen molar-refractivity contribution in [2.75, 3.05) is 18.8 Å². The number of benzene rings is 1. The summed E-state index contributed by atoms with van der Waals surface area (Å²) in [5.41, 5.74) is 2.26. The van der Waals surface area contributed by atoms with Crippen LogP contribution in [-0.4, -0.2) is 52.1 Å². The Morgan fingerprint density at radius 2 is 1.82 bits per heavy atom. The van der Waals surface area contributed by atoms with E-state index in [1.54, 1.807) is 11.8 Å². The molecule has 4 nitrogen and oxygen atoms in total. The molecule has 33 heavy (non-hydrogen) atoms. The van der Waals surface area contributed by atoms with E-state index in [9.17, 15) is 9.59 Å². The SMILES string of the molecule is Cc1ccc(/C=C2\SC3CCCCC3N(CC(=O)NCCCSC3CCCCC3)C2=O)cc1. The Hall–Kier alpha value is -1.40. The molecule has 1 heterocycles. The molecule has 1 aromatic carbocycles. The second kappa shape index (κ2) is 12.3. The van der Waals surface area contributed by atoms with Gasteiger partial charge < -0.3 is 10.2 Å². The van der Waals surface area contributed by atoms with E-state index in [2.05, 4.69) is 48.3 Å². The molecule has 2 saturated carbocycles. The minimum Gasteiger partial charge on any atom is -0.355 e. The highest BCUT2D eigenvalue weighted by Crippen LogP contribution is 2.42. The van der Waals surface area contributed by atoms with Crippen molar-refractivity contribution in [2.24, 2.45) is 0 Å². The molecule has 0 aromatic heterocycles. The van der Waals surface area contributed by atoms with E-state index >= 15 is 0 Å². The molecular weight excluding hydrogens is 448 g/mol. The first kappa shape index (κ1) is 24.7. The average Bonchev–Trinajstić information content (AvgIpc) is 2.83. The fraction of sp³-hybridized carbons (Fsp3) is 0.630. The van der Waals surface area contributed by atoms with Gasteiger partial charge in [-0.15, -0.1) is 11.8 Å². The Balaban J connectivity index is 1.31. The molecule has 2 unspecified atom stereocenters. The molecule has 180 valence electrons. The third-order valence-corrected chi connectivity index (χ3v) is 9.92. The zero-order chi connectivity index (χ0) is 23.0. The lowest BCUT2D eigenvalue weighted by Crippen LogP contribution is -2.54. The van der Waals surface area contributed by atoms with Crippen LogP contribution in [-0.2, 0) is 9.59 Å². The third-order valence-electron chi connectivity index (χ3n) is 7.06. The molecule has 4 rings (SSSR count). The van der Waals surface area contributed by atoms with Crippen molar-refractivity contribution in [3.8, 4) is 0 Å². The molecule has 1 N–H and O–H groups in total. The van der Waals surface area contributed by atoms with Crippen LogP contribution in [0.15, 0.2) is 29.2 Å². The number of hydrogen-bond acceptors (Lipinski definition) is 4. The van der Waals surface area contributed by atoms with Crippen molar-refractivity contribution in [3.05, 3.63) is 40.3 Å². The number of aryl methyl sites for hydroxylation is 1. The van der Waals surface area contributed by atoms with Crippen LogP contribution >= 0.6 is 23.5 Å². The van der Waals surface area contributed by atoms with E-state index in [1.165, 1.54) is 44.1 Å². The Bertz CT molecular complexity index is 833. The van der Waals surface area contributed by atoms with Crippen LogP contribution in [0.5, 0.6) is 0 Å². The fourth-order valence-electron chi connectivity index (χ4n) is 5.17. The minimum absolute atomic E-state index is 0.0167. The van der Waals surface area contributed by atoms with Gasteiger partial charge in [-0.05, 0) is 56.4 Å². The lowest BCUT2D eigenvalue weighted by molar-refractivity contribution is -0.135. The Morgan fingerprint density at radius 1 is 1.09 bits per heavy atom. The first-order valence-corrected chi connectivity index (χ1v) is 14.7. The molecule has 1 aromatic rings. The van der Waals surface area contributed by atoms with Crippen LogP contribution in [0.2, 0.25) is 0 Å². The number of carbonyl (C=O) groups excluding carboxylic acids is 2. The zero-order valence-electron chi connectivity index (χ0n) is 19.9. The van der Waals surface area contributed by atoms with E-state index in [1.807, 2.05) is 11.0 Å². The van der Waals surface area contributed by atoms with Gasteiger partial charge in [0.05, 0.1) is 4.91 Å². The third kappa shape index (κ3) is 7.05. The van der Waals surface area contributed by atoms with Gasteiger partial charge in [-0.1, -0.05) is 61.9 Å². The molecule has 6 heteroatoms. The summed E-state index contributed by atoms with van der Waals surface area (Å²) in [6.07, 6.45) is 14.3. The number of hydrogen-bond donors (Lipinski definition) is 1. The molecule has 2 amide bonds. The molecule has 1 aliphatic heterocycles. The van der Waals surface area contributed by atoms with Crippen LogP contribution in [0.25, 0.3) is 6.08 Å². The van der Waals surface area contributed by atoms with Crippen LogP contribution in [0.4, 0.5) is 0 Å². The van der Waals surface area contributed by atoms with Crippen LogP contribution in [0, 0.1) is 6.92 Å². The number of nitrogens with zero attached hydrogens (tertiary/aromatic N) is 1. The fourth-order valence-corrected chi connectivity index (χ4v) is 7.95. The molecular formula is C27H38N2O2S2. The second-order valence-corrected chi connectivity index (χ2v) is 12.4. The normalized spacial score (nSPS) is 25.2. The van der Waals surface area contributed by atoms with Gasteiger partial charge in [-0.3, -0.25) is 9.59 Å². The molecule has 2 atom stereocenters. The summed E-state index contributed by atoms with van der Waals surface area (Å²) in [5, 5.41) is 4.30. The number of carbonyl (C=O) groups is 2.